The monoisotopic (exact) mass is 454 g/mol. The quantitative estimate of drug-likeness (QED) is 0.500. The Bertz CT molecular complexity index is 1500. The van der Waals surface area contributed by atoms with Crippen LogP contribution < -0.4 is 11.2 Å². The molecule has 2 aromatic heterocycles. The number of aliphatic hydroxyl groups excluding tert-OH is 1. The van der Waals surface area contributed by atoms with Gasteiger partial charge in [0.15, 0.2) is 5.82 Å². The second-order valence-corrected chi connectivity index (χ2v) is 8.21. The predicted molar refractivity (Wildman–Crippen MR) is 121 cm³/mol. The molecule has 0 unspecified atom stereocenters. The summed E-state index contributed by atoms with van der Waals surface area (Å²) in [6.07, 6.45) is 1.66. The van der Waals surface area contributed by atoms with E-state index in [1.54, 1.807) is 26.1 Å². The summed E-state index contributed by atoms with van der Waals surface area (Å²) >= 11 is 0. The van der Waals surface area contributed by atoms with Crippen molar-refractivity contribution in [3.63, 3.8) is 0 Å². The van der Waals surface area contributed by atoms with E-state index in [1.165, 1.54) is 27.3 Å². The number of rotatable bonds is 5. The summed E-state index contributed by atoms with van der Waals surface area (Å²) in [4.78, 5) is 26.0. The number of aromatic nitrogens is 4. The first-order valence-electron chi connectivity index (χ1n) is 10.6. The molecule has 0 fully saturated rings. The van der Waals surface area contributed by atoms with Crippen LogP contribution in [-0.4, -0.2) is 24.0 Å². The molecule has 4 rings (SSSR count). The van der Waals surface area contributed by atoms with E-state index in [0.29, 0.717) is 16.6 Å². The maximum absolute atomic E-state index is 15.2. The lowest BCUT2D eigenvalue weighted by atomic mass is 9.97. The summed E-state index contributed by atoms with van der Waals surface area (Å²) in [5.74, 6) is -1.11. The van der Waals surface area contributed by atoms with Crippen LogP contribution in [0.15, 0.2) is 46.1 Å². The summed E-state index contributed by atoms with van der Waals surface area (Å²) in [5, 5.41) is 14.2. The van der Waals surface area contributed by atoms with Gasteiger partial charge in [-0.1, -0.05) is 13.8 Å². The molecular formula is C24H24F2N4O3. The zero-order valence-corrected chi connectivity index (χ0v) is 18.8. The summed E-state index contributed by atoms with van der Waals surface area (Å²) in [6, 6.07) is 6.89. The highest BCUT2D eigenvalue weighted by Gasteiger charge is 2.20. The van der Waals surface area contributed by atoms with Crippen LogP contribution in [0.3, 0.4) is 0 Å². The number of nitrogens with zero attached hydrogens (tertiary/aromatic N) is 4. The molecule has 0 radical (unpaired) electrons. The average molecular weight is 454 g/mol. The molecule has 0 amide bonds. The van der Waals surface area contributed by atoms with Gasteiger partial charge in [0.2, 0.25) is 0 Å². The summed E-state index contributed by atoms with van der Waals surface area (Å²) in [5.41, 5.74) is 0.453. The third-order valence-corrected chi connectivity index (χ3v) is 5.78. The first-order valence-corrected chi connectivity index (χ1v) is 10.6. The molecule has 0 saturated carbocycles. The summed E-state index contributed by atoms with van der Waals surface area (Å²) in [6.45, 7) is 7.00. The van der Waals surface area contributed by atoms with Crippen molar-refractivity contribution in [1.82, 2.24) is 18.9 Å². The van der Waals surface area contributed by atoms with Gasteiger partial charge in [-0.2, -0.15) is 4.68 Å². The molecule has 0 aliphatic rings. The van der Waals surface area contributed by atoms with Crippen LogP contribution in [0.4, 0.5) is 8.78 Å². The van der Waals surface area contributed by atoms with E-state index in [2.05, 4.69) is 5.10 Å². The number of pyridine rings is 1. The summed E-state index contributed by atoms with van der Waals surface area (Å²) in [7, 11) is 0. The lowest BCUT2D eigenvalue weighted by Gasteiger charge is -2.16. The number of aryl methyl sites for hydroxylation is 1. The maximum atomic E-state index is 15.2. The molecule has 33 heavy (non-hydrogen) atoms. The molecule has 0 atom stereocenters. The topological polar surface area (TPSA) is 82.0 Å². The van der Waals surface area contributed by atoms with E-state index in [0.717, 1.165) is 16.3 Å². The highest BCUT2D eigenvalue weighted by Crippen LogP contribution is 2.28. The summed E-state index contributed by atoms with van der Waals surface area (Å²) < 4.78 is 32.5. The number of fused-ring (bicyclic) bond motifs is 1. The first-order chi connectivity index (χ1) is 15.7. The Morgan fingerprint density at radius 3 is 2.36 bits per heavy atom. The van der Waals surface area contributed by atoms with Crippen molar-refractivity contribution in [3.05, 3.63) is 86.0 Å². The number of aliphatic hydroxyl groups is 1. The molecule has 2 aromatic carbocycles. The lowest BCUT2D eigenvalue weighted by Crippen LogP contribution is -2.25. The Hall–Kier alpha value is -3.59. The number of hydrogen-bond donors (Lipinski definition) is 1. The number of benzene rings is 2. The van der Waals surface area contributed by atoms with Gasteiger partial charge in [0.25, 0.3) is 5.56 Å². The Morgan fingerprint density at radius 1 is 1.06 bits per heavy atom. The van der Waals surface area contributed by atoms with Crippen LogP contribution in [0.5, 0.6) is 0 Å². The second kappa shape index (κ2) is 8.40. The zero-order chi connectivity index (χ0) is 24.0. The van der Waals surface area contributed by atoms with Crippen molar-refractivity contribution in [2.75, 3.05) is 0 Å². The molecule has 172 valence electrons. The SMILES string of the molecule is CCn1c(CO)nn(-c2cc3c(C(C)C)cn(-c4ccc(F)c(C)c4)c(=O)c3cc2F)c1=O. The first kappa shape index (κ1) is 22.6. The zero-order valence-electron chi connectivity index (χ0n) is 18.8. The molecular weight excluding hydrogens is 430 g/mol. The Labute approximate surface area is 188 Å². The maximum Gasteiger partial charge on any atom is 0.350 e. The highest BCUT2D eigenvalue weighted by molar-refractivity contribution is 5.87. The fourth-order valence-electron chi connectivity index (χ4n) is 4.00. The van der Waals surface area contributed by atoms with Crippen molar-refractivity contribution in [3.8, 4) is 11.4 Å². The molecule has 0 bridgehead atoms. The lowest BCUT2D eigenvalue weighted by molar-refractivity contribution is 0.264. The molecule has 2 heterocycles. The average Bonchev–Trinajstić information content (AvgIpc) is 3.11. The largest absolute Gasteiger partial charge is 0.388 e. The van der Waals surface area contributed by atoms with E-state index < -0.39 is 23.7 Å². The fraction of sp³-hybridized carbons (Fsp3) is 0.292. The van der Waals surface area contributed by atoms with Gasteiger partial charge in [-0.3, -0.25) is 13.9 Å². The smallest absolute Gasteiger partial charge is 0.350 e. The van der Waals surface area contributed by atoms with E-state index in [4.69, 9.17) is 0 Å². The number of halogens is 2. The number of hydrogen-bond acceptors (Lipinski definition) is 4. The van der Waals surface area contributed by atoms with Crippen molar-refractivity contribution in [2.45, 2.75) is 46.8 Å². The van der Waals surface area contributed by atoms with Crippen LogP contribution in [0.2, 0.25) is 0 Å². The van der Waals surface area contributed by atoms with Crippen LogP contribution in [0.1, 0.15) is 43.6 Å². The van der Waals surface area contributed by atoms with Crippen LogP contribution in [0.25, 0.3) is 22.1 Å². The van der Waals surface area contributed by atoms with E-state index in [9.17, 15) is 19.1 Å². The fourth-order valence-corrected chi connectivity index (χ4v) is 4.00. The van der Waals surface area contributed by atoms with Crippen molar-refractivity contribution < 1.29 is 13.9 Å². The van der Waals surface area contributed by atoms with E-state index in [1.807, 2.05) is 13.8 Å². The Morgan fingerprint density at radius 2 is 1.79 bits per heavy atom. The minimum atomic E-state index is -0.797. The highest BCUT2D eigenvalue weighted by atomic mass is 19.1. The Kier molecular flexibility index (Phi) is 5.75. The molecule has 4 aromatic rings. The molecule has 0 saturated heterocycles. The second-order valence-electron chi connectivity index (χ2n) is 8.21. The van der Waals surface area contributed by atoms with E-state index in [-0.39, 0.29) is 35.2 Å². The van der Waals surface area contributed by atoms with Gasteiger partial charge in [-0.05, 0) is 66.6 Å². The molecule has 0 aliphatic carbocycles. The molecule has 0 aliphatic heterocycles. The molecule has 1 N–H and O–H groups in total. The van der Waals surface area contributed by atoms with Gasteiger partial charge in [-0.25, -0.2) is 13.6 Å². The van der Waals surface area contributed by atoms with Gasteiger partial charge in [0.05, 0.1) is 5.39 Å². The minimum absolute atomic E-state index is 0.0443. The van der Waals surface area contributed by atoms with Crippen LogP contribution in [0, 0.1) is 18.6 Å². The van der Waals surface area contributed by atoms with Crippen molar-refractivity contribution in [2.24, 2.45) is 0 Å². The van der Waals surface area contributed by atoms with Gasteiger partial charge < -0.3 is 5.11 Å². The van der Waals surface area contributed by atoms with Gasteiger partial charge in [0.1, 0.15) is 23.9 Å². The molecule has 7 nitrogen and oxygen atoms in total. The van der Waals surface area contributed by atoms with Crippen LogP contribution in [-0.2, 0) is 13.2 Å². The Balaban J connectivity index is 2.03. The van der Waals surface area contributed by atoms with Crippen molar-refractivity contribution >= 4 is 10.8 Å². The third kappa shape index (κ3) is 3.68. The predicted octanol–water partition coefficient (Wildman–Crippen LogP) is 3.56. The minimum Gasteiger partial charge on any atom is -0.388 e. The van der Waals surface area contributed by atoms with Gasteiger partial charge in [0, 0.05) is 18.4 Å². The normalized spacial score (nSPS) is 11.6. The van der Waals surface area contributed by atoms with Gasteiger partial charge >= 0.3 is 5.69 Å². The van der Waals surface area contributed by atoms with Gasteiger partial charge in [-0.15, -0.1) is 5.10 Å². The van der Waals surface area contributed by atoms with E-state index >= 15 is 4.39 Å². The van der Waals surface area contributed by atoms with Crippen LogP contribution >= 0.6 is 0 Å². The third-order valence-electron chi connectivity index (χ3n) is 5.78. The standard InChI is InChI=1S/C24H24F2N4O3/c1-5-28-22(12-31)27-30(24(28)33)21-10-16-17(9-20(21)26)23(32)29(11-18(16)13(2)3)15-6-7-19(25)14(4)8-15/h6-11,13,31H,5,12H2,1-4H3. The van der Waals surface area contributed by atoms with Crippen molar-refractivity contribution in [1.29, 1.82) is 0 Å². The molecule has 0 spiro atoms. The molecule has 9 heteroatoms.